The van der Waals surface area contributed by atoms with Gasteiger partial charge >= 0.3 is 0 Å². The van der Waals surface area contributed by atoms with Gasteiger partial charge in [-0.15, -0.1) is 0 Å². The fraction of sp³-hybridized carbons (Fsp3) is 0.316. The van der Waals surface area contributed by atoms with Gasteiger partial charge in [-0.2, -0.15) is 0 Å². The summed E-state index contributed by atoms with van der Waals surface area (Å²) < 4.78 is 5.00. The summed E-state index contributed by atoms with van der Waals surface area (Å²) in [7, 11) is 1.43. The predicted molar refractivity (Wildman–Crippen MR) is 100 cm³/mol. The Hall–Kier alpha value is -2.93. The highest BCUT2D eigenvalue weighted by molar-refractivity contribution is 5.94. The van der Waals surface area contributed by atoms with E-state index in [0.717, 1.165) is 18.5 Å². The number of carbonyl (C=O) groups excluding carboxylic acids is 1. The summed E-state index contributed by atoms with van der Waals surface area (Å²) in [4.78, 5) is 25.1. The number of amides is 1. The number of carbonyl (C=O) groups is 1. The molecule has 1 N–H and O–H groups in total. The molecule has 7 heteroatoms. The van der Waals surface area contributed by atoms with Crippen LogP contribution in [0.1, 0.15) is 18.9 Å². The van der Waals surface area contributed by atoms with E-state index < -0.39 is 4.92 Å². The number of hydrogen-bond acceptors (Lipinski definition) is 5. The molecule has 0 bridgehead atoms. The van der Waals surface area contributed by atoms with Crippen molar-refractivity contribution in [1.82, 2.24) is 4.90 Å². The summed E-state index contributed by atoms with van der Waals surface area (Å²) in [5, 5.41) is 13.9. The molecular weight excluding hydrogens is 334 g/mol. The van der Waals surface area contributed by atoms with Crippen molar-refractivity contribution < 1.29 is 14.5 Å². The second-order valence-corrected chi connectivity index (χ2v) is 5.88. The predicted octanol–water partition coefficient (Wildman–Crippen LogP) is 3.45. The lowest BCUT2D eigenvalue weighted by Crippen LogP contribution is -2.33. The molecule has 0 aliphatic carbocycles. The van der Waals surface area contributed by atoms with E-state index in [1.54, 1.807) is 6.07 Å². The maximum Gasteiger partial charge on any atom is 0.296 e. The van der Waals surface area contributed by atoms with Gasteiger partial charge < -0.3 is 10.1 Å². The number of ether oxygens (including phenoxy) is 1. The Morgan fingerprint density at radius 1 is 1.23 bits per heavy atom. The standard InChI is InChI=1S/C19H23N3O4/c1-3-11-21(13-15-7-5-4-6-8-15)14-19(23)20-17-10-9-16(26-2)12-18(17)22(24)25/h4-10,12H,3,11,13-14H2,1-2H3,(H,20,23). The summed E-state index contributed by atoms with van der Waals surface area (Å²) in [5.74, 6) is 0.0778. The molecule has 26 heavy (non-hydrogen) atoms. The van der Waals surface area contributed by atoms with E-state index in [-0.39, 0.29) is 23.8 Å². The van der Waals surface area contributed by atoms with E-state index >= 15 is 0 Å². The summed E-state index contributed by atoms with van der Waals surface area (Å²) in [6.45, 7) is 3.61. The van der Waals surface area contributed by atoms with Crippen LogP contribution >= 0.6 is 0 Å². The van der Waals surface area contributed by atoms with Gasteiger partial charge in [0.05, 0.1) is 24.6 Å². The molecule has 0 heterocycles. The number of nitro benzene ring substituents is 1. The molecule has 138 valence electrons. The quantitative estimate of drug-likeness (QED) is 0.549. The van der Waals surface area contributed by atoms with Crippen molar-refractivity contribution in [2.75, 3.05) is 25.5 Å². The molecule has 2 aromatic rings. The molecule has 0 aromatic heterocycles. The molecule has 1 amide bonds. The average molecular weight is 357 g/mol. The van der Waals surface area contributed by atoms with Crippen LogP contribution in [0.5, 0.6) is 5.75 Å². The number of nitro groups is 1. The largest absolute Gasteiger partial charge is 0.496 e. The van der Waals surface area contributed by atoms with Gasteiger partial charge in [0, 0.05) is 6.54 Å². The van der Waals surface area contributed by atoms with E-state index in [2.05, 4.69) is 5.32 Å². The molecule has 0 saturated carbocycles. The van der Waals surface area contributed by atoms with Crippen molar-refractivity contribution in [3.63, 3.8) is 0 Å². The van der Waals surface area contributed by atoms with E-state index in [9.17, 15) is 14.9 Å². The van der Waals surface area contributed by atoms with Crippen molar-refractivity contribution in [3.8, 4) is 5.75 Å². The molecule has 2 rings (SSSR count). The molecule has 0 radical (unpaired) electrons. The monoisotopic (exact) mass is 357 g/mol. The molecule has 0 spiro atoms. The smallest absolute Gasteiger partial charge is 0.296 e. The summed E-state index contributed by atoms with van der Waals surface area (Å²) >= 11 is 0. The van der Waals surface area contributed by atoms with Crippen LogP contribution in [0.4, 0.5) is 11.4 Å². The lowest BCUT2D eigenvalue weighted by Gasteiger charge is -2.21. The van der Waals surface area contributed by atoms with E-state index in [0.29, 0.717) is 12.3 Å². The van der Waals surface area contributed by atoms with Crippen LogP contribution in [-0.2, 0) is 11.3 Å². The molecule has 7 nitrogen and oxygen atoms in total. The van der Waals surface area contributed by atoms with Crippen molar-refractivity contribution >= 4 is 17.3 Å². The topological polar surface area (TPSA) is 84.7 Å². The van der Waals surface area contributed by atoms with Crippen LogP contribution in [-0.4, -0.2) is 35.9 Å². The first-order valence-electron chi connectivity index (χ1n) is 8.42. The lowest BCUT2D eigenvalue weighted by molar-refractivity contribution is -0.384. The molecule has 2 aromatic carbocycles. The molecule has 0 fully saturated rings. The zero-order chi connectivity index (χ0) is 18.9. The molecule has 0 aliphatic rings. The van der Waals surface area contributed by atoms with Gasteiger partial charge in [-0.1, -0.05) is 37.3 Å². The van der Waals surface area contributed by atoms with E-state index in [1.807, 2.05) is 42.2 Å². The van der Waals surface area contributed by atoms with Crippen LogP contribution in [0.15, 0.2) is 48.5 Å². The Morgan fingerprint density at radius 2 is 1.96 bits per heavy atom. The maximum atomic E-state index is 12.4. The van der Waals surface area contributed by atoms with Crippen LogP contribution in [0.3, 0.4) is 0 Å². The second kappa shape index (κ2) is 9.53. The van der Waals surface area contributed by atoms with Crippen LogP contribution < -0.4 is 10.1 Å². The fourth-order valence-electron chi connectivity index (χ4n) is 2.66. The minimum Gasteiger partial charge on any atom is -0.496 e. The number of methoxy groups -OCH3 is 1. The van der Waals surface area contributed by atoms with Gasteiger partial charge in [-0.3, -0.25) is 19.8 Å². The van der Waals surface area contributed by atoms with Crippen molar-refractivity contribution in [2.45, 2.75) is 19.9 Å². The maximum absolute atomic E-state index is 12.4. The zero-order valence-electron chi connectivity index (χ0n) is 15.0. The highest BCUT2D eigenvalue weighted by Gasteiger charge is 2.18. The molecule has 0 atom stereocenters. The SMILES string of the molecule is CCCN(CC(=O)Nc1ccc(OC)cc1[N+](=O)[O-])Cc1ccccc1. The van der Waals surface area contributed by atoms with Gasteiger partial charge in [0.1, 0.15) is 11.4 Å². The minimum atomic E-state index is -0.536. The third-order valence-corrected chi connectivity index (χ3v) is 3.83. The Morgan fingerprint density at radius 3 is 2.58 bits per heavy atom. The minimum absolute atomic E-state index is 0.159. The molecular formula is C19H23N3O4. The van der Waals surface area contributed by atoms with Crippen molar-refractivity contribution in [3.05, 3.63) is 64.2 Å². The number of nitrogens with zero attached hydrogens (tertiary/aromatic N) is 2. The lowest BCUT2D eigenvalue weighted by atomic mass is 10.2. The van der Waals surface area contributed by atoms with Crippen LogP contribution in [0, 0.1) is 10.1 Å². The van der Waals surface area contributed by atoms with Crippen molar-refractivity contribution in [1.29, 1.82) is 0 Å². The van der Waals surface area contributed by atoms with E-state index in [4.69, 9.17) is 4.74 Å². The molecule has 0 unspecified atom stereocenters. The van der Waals surface area contributed by atoms with Gasteiger partial charge in [-0.05, 0) is 30.7 Å². The third-order valence-electron chi connectivity index (χ3n) is 3.83. The number of benzene rings is 2. The first kappa shape index (κ1) is 19.4. The molecule has 0 aliphatic heterocycles. The highest BCUT2D eigenvalue weighted by atomic mass is 16.6. The molecule has 0 saturated heterocycles. The van der Waals surface area contributed by atoms with Crippen LogP contribution in [0.25, 0.3) is 0 Å². The number of hydrogen-bond donors (Lipinski definition) is 1. The highest BCUT2D eigenvalue weighted by Crippen LogP contribution is 2.28. The van der Waals surface area contributed by atoms with Gasteiger partial charge in [0.25, 0.3) is 5.69 Å². The van der Waals surface area contributed by atoms with Gasteiger partial charge in [-0.25, -0.2) is 0 Å². The van der Waals surface area contributed by atoms with Crippen LogP contribution in [0.2, 0.25) is 0 Å². The first-order valence-corrected chi connectivity index (χ1v) is 8.42. The van der Waals surface area contributed by atoms with Gasteiger partial charge in [0.2, 0.25) is 5.91 Å². The second-order valence-electron chi connectivity index (χ2n) is 5.88. The Bertz CT molecular complexity index is 750. The fourth-order valence-corrected chi connectivity index (χ4v) is 2.66. The Balaban J connectivity index is 2.07. The Kier molecular flexibility index (Phi) is 7.11. The summed E-state index contributed by atoms with van der Waals surface area (Å²) in [5.41, 5.74) is 1.09. The average Bonchev–Trinajstić information content (AvgIpc) is 2.62. The zero-order valence-corrected chi connectivity index (χ0v) is 15.0. The summed E-state index contributed by atoms with van der Waals surface area (Å²) in [6.07, 6.45) is 0.906. The van der Waals surface area contributed by atoms with Crippen molar-refractivity contribution in [2.24, 2.45) is 0 Å². The third kappa shape index (κ3) is 5.56. The normalized spacial score (nSPS) is 10.6. The van der Waals surface area contributed by atoms with E-state index in [1.165, 1.54) is 19.2 Å². The Labute approximate surface area is 152 Å². The van der Waals surface area contributed by atoms with Gasteiger partial charge in [0.15, 0.2) is 0 Å². The first-order chi connectivity index (χ1) is 12.5. The number of nitrogens with one attached hydrogen (secondary N) is 1. The number of anilines is 1. The number of rotatable bonds is 9. The summed E-state index contributed by atoms with van der Waals surface area (Å²) in [6, 6.07) is 14.2.